The Morgan fingerprint density at radius 1 is 1.23 bits per heavy atom. The topological polar surface area (TPSA) is 78.8 Å². The SMILES string of the molecule is Cc1nn(C)c(C)c1CN(C(=O)C[C@]1(c2cccc(F)c2)CC(=O)N(CCN(C)C)C1=O)C(C)C. The first-order valence-corrected chi connectivity index (χ1v) is 11.9. The van der Waals surface area contributed by atoms with Crippen LogP contribution in [-0.2, 0) is 33.4 Å². The zero-order valence-corrected chi connectivity index (χ0v) is 21.8. The van der Waals surface area contributed by atoms with Crippen LogP contribution in [0, 0.1) is 19.7 Å². The van der Waals surface area contributed by atoms with Gasteiger partial charge < -0.3 is 9.80 Å². The summed E-state index contributed by atoms with van der Waals surface area (Å²) in [5, 5.41) is 4.45. The molecule has 2 aromatic rings. The highest BCUT2D eigenvalue weighted by atomic mass is 19.1. The predicted molar refractivity (Wildman–Crippen MR) is 131 cm³/mol. The Kier molecular flexibility index (Phi) is 7.79. The van der Waals surface area contributed by atoms with Gasteiger partial charge in [-0.15, -0.1) is 0 Å². The Labute approximate surface area is 206 Å². The van der Waals surface area contributed by atoms with Crippen LogP contribution in [0.1, 0.15) is 49.2 Å². The minimum absolute atomic E-state index is 0.150. The third kappa shape index (κ3) is 5.29. The molecule has 1 aliphatic rings. The van der Waals surface area contributed by atoms with Crippen LogP contribution < -0.4 is 0 Å². The molecule has 1 fully saturated rings. The van der Waals surface area contributed by atoms with Crippen molar-refractivity contribution < 1.29 is 18.8 Å². The molecule has 3 amide bonds. The molecule has 9 heteroatoms. The van der Waals surface area contributed by atoms with Crippen molar-refractivity contribution in [2.24, 2.45) is 7.05 Å². The number of amides is 3. The molecule has 0 spiro atoms. The van der Waals surface area contributed by atoms with Gasteiger partial charge in [-0.05, 0) is 59.5 Å². The maximum absolute atomic E-state index is 14.2. The molecule has 0 aliphatic carbocycles. The average molecular weight is 486 g/mol. The van der Waals surface area contributed by atoms with Gasteiger partial charge in [0.15, 0.2) is 0 Å². The highest BCUT2D eigenvalue weighted by Gasteiger charge is 2.54. The van der Waals surface area contributed by atoms with Crippen molar-refractivity contribution in [2.75, 3.05) is 27.2 Å². The molecule has 0 radical (unpaired) electrons. The molecule has 0 N–H and O–H groups in total. The first kappa shape index (κ1) is 26.5. The molecule has 1 saturated heterocycles. The van der Waals surface area contributed by atoms with Gasteiger partial charge in [-0.1, -0.05) is 12.1 Å². The molecule has 0 bridgehead atoms. The second-order valence-corrected chi connectivity index (χ2v) is 9.99. The van der Waals surface area contributed by atoms with E-state index < -0.39 is 17.1 Å². The summed E-state index contributed by atoms with van der Waals surface area (Å²) >= 11 is 0. The molecule has 1 aromatic carbocycles. The number of imide groups is 1. The fourth-order valence-corrected chi connectivity index (χ4v) is 4.71. The van der Waals surface area contributed by atoms with Gasteiger partial charge in [0, 0.05) is 56.8 Å². The number of nitrogens with zero attached hydrogens (tertiary/aromatic N) is 5. The lowest BCUT2D eigenvalue weighted by Gasteiger charge is -2.33. The average Bonchev–Trinajstić information content (AvgIpc) is 3.15. The molecule has 190 valence electrons. The number of hydrogen-bond acceptors (Lipinski definition) is 5. The second-order valence-electron chi connectivity index (χ2n) is 9.99. The molecule has 35 heavy (non-hydrogen) atoms. The molecule has 1 aliphatic heterocycles. The summed E-state index contributed by atoms with van der Waals surface area (Å²) in [7, 11) is 5.58. The summed E-state index contributed by atoms with van der Waals surface area (Å²) in [6.45, 7) is 8.75. The Balaban J connectivity index is 1.99. The monoisotopic (exact) mass is 485 g/mol. The van der Waals surface area contributed by atoms with E-state index in [1.54, 1.807) is 15.6 Å². The summed E-state index contributed by atoms with van der Waals surface area (Å²) in [6, 6.07) is 5.55. The number of carbonyl (C=O) groups is 3. The van der Waals surface area contributed by atoms with Gasteiger partial charge in [0.05, 0.1) is 11.1 Å². The molecule has 0 saturated carbocycles. The number of likely N-dealkylation sites (N-methyl/N-ethyl adjacent to an activating group) is 1. The third-order valence-electron chi connectivity index (χ3n) is 6.94. The molecule has 1 aromatic heterocycles. The van der Waals surface area contributed by atoms with Crippen LogP contribution in [0.3, 0.4) is 0 Å². The summed E-state index contributed by atoms with van der Waals surface area (Å²) in [4.78, 5) is 45.3. The van der Waals surface area contributed by atoms with Crippen molar-refractivity contribution in [3.05, 3.63) is 52.6 Å². The van der Waals surface area contributed by atoms with E-state index in [1.807, 2.05) is 53.7 Å². The van der Waals surface area contributed by atoms with E-state index in [9.17, 15) is 18.8 Å². The van der Waals surface area contributed by atoms with Crippen LogP contribution >= 0.6 is 0 Å². The van der Waals surface area contributed by atoms with Crippen LogP contribution in [0.5, 0.6) is 0 Å². The third-order valence-corrected chi connectivity index (χ3v) is 6.94. The molecular formula is C26H36FN5O3. The van der Waals surface area contributed by atoms with Crippen molar-refractivity contribution in [1.82, 2.24) is 24.5 Å². The Bertz CT molecular complexity index is 1130. The number of likely N-dealkylation sites (tertiary alicyclic amines) is 1. The van der Waals surface area contributed by atoms with Crippen molar-refractivity contribution in [2.45, 2.75) is 58.5 Å². The van der Waals surface area contributed by atoms with Crippen molar-refractivity contribution >= 4 is 17.7 Å². The van der Waals surface area contributed by atoms with E-state index in [1.165, 1.54) is 23.1 Å². The highest BCUT2D eigenvalue weighted by Crippen LogP contribution is 2.41. The number of halogens is 1. The smallest absolute Gasteiger partial charge is 0.240 e. The van der Waals surface area contributed by atoms with Gasteiger partial charge >= 0.3 is 0 Å². The first-order chi connectivity index (χ1) is 16.4. The van der Waals surface area contributed by atoms with Crippen LogP contribution in [0.25, 0.3) is 0 Å². The van der Waals surface area contributed by atoms with E-state index >= 15 is 0 Å². The predicted octanol–water partition coefficient (Wildman–Crippen LogP) is 2.56. The van der Waals surface area contributed by atoms with Gasteiger partial charge in [0.2, 0.25) is 17.7 Å². The van der Waals surface area contributed by atoms with Crippen molar-refractivity contribution in [1.29, 1.82) is 0 Å². The summed E-state index contributed by atoms with van der Waals surface area (Å²) < 4.78 is 16.0. The molecule has 0 unspecified atom stereocenters. The Morgan fingerprint density at radius 3 is 2.46 bits per heavy atom. The van der Waals surface area contributed by atoms with Gasteiger partial charge in [0.1, 0.15) is 5.82 Å². The first-order valence-electron chi connectivity index (χ1n) is 11.9. The summed E-state index contributed by atoms with van der Waals surface area (Å²) in [5.41, 5.74) is 1.67. The van der Waals surface area contributed by atoms with E-state index in [-0.39, 0.29) is 37.2 Å². The molecule has 3 rings (SSSR count). The van der Waals surface area contributed by atoms with Crippen LogP contribution in [0.15, 0.2) is 24.3 Å². The lowest BCUT2D eigenvalue weighted by molar-refractivity contribution is -0.143. The quantitative estimate of drug-likeness (QED) is 0.510. The highest BCUT2D eigenvalue weighted by molar-refractivity contribution is 6.10. The van der Waals surface area contributed by atoms with E-state index in [4.69, 9.17) is 0 Å². The largest absolute Gasteiger partial charge is 0.336 e. The van der Waals surface area contributed by atoms with Gasteiger partial charge in [-0.2, -0.15) is 5.10 Å². The van der Waals surface area contributed by atoms with Crippen LogP contribution in [0.4, 0.5) is 4.39 Å². The number of rotatable bonds is 9. The van der Waals surface area contributed by atoms with Gasteiger partial charge in [-0.3, -0.25) is 24.0 Å². The number of aromatic nitrogens is 2. The molecule has 8 nitrogen and oxygen atoms in total. The zero-order chi connectivity index (χ0) is 26.1. The van der Waals surface area contributed by atoms with E-state index in [0.717, 1.165) is 17.0 Å². The van der Waals surface area contributed by atoms with Crippen molar-refractivity contribution in [3.8, 4) is 0 Å². The number of carbonyl (C=O) groups excluding carboxylic acids is 3. The number of aryl methyl sites for hydroxylation is 2. The van der Waals surface area contributed by atoms with Crippen LogP contribution in [-0.4, -0.2) is 75.4 Å². The fraction of sp³-hybridized carbons (Fsp3) is 0.538. The minimum atomic E-state index is -1.44. The van der Waals surface area contributed by atoms with Gasteiger partial charge in [-0.25, -0.2) is 4.39 Å². The Morgan fingerprint density at radius 2 is 1.91 bits per heavy atom. The zero-order valence-electron chi connectivity index (χ0n) is 21.8. The lowest BCUT2D eigenvalue weighted by Crippen LogP contribution is -2.46. The lowest BCUT2D eigenvalue weighted by atomic mass is 9.75. The molecule has 1 atom stereocenters. The minimum Gasteiger partial charge on any atom is -0.336 e. The summed E-state index contributed by atoms with van der Waals surface area (Å²) in [5.74, 6) is -1.56. The normalized spacial score (nSPS) is 18.3. The number of hydrogen-bond donors (Lipinski definition) is 0. The summed E-state index contributed by atoms with van der Waals surface area (Å²) in [6.07, 6.45) is -0.374. The second kappa shape index (κ2) is 10.3. The maximum Gasteiger partial charge on any atom is 0.240 e. The van der Waals surface area contributed by atoms with E-state index in [2.05, 4.69) is 5.10 Å². The number of benzene rings is 1. The van der Waals surface area contributed by atoms with Crippen LogP contribution in [0.2, 0.25) is 0 Å². The standard InChI is InChI=1S/C26H36FN5O3/c1-17(2)32(16-22-18(3)28-30(7)19(22)4)24(34)15-26(20-9-8-10-21(27)13-20)14-23(33)31(25(26)35)12-11-29(5)6/h8-10,13,17H,11-12,14-16H2,1-7H3/t26-/m0/s1. The maximum atomic E-state index is 14.2. The fourth-order valence-electron chi connectivity index (χ4n) is 4.71. The van der Waals surface area contributed by atoms with Gasteiger partial charge in [0.25, 0.3) is 0 Å². The molecule has 2 heterocycles. The Hall–Kier alpha value is -3.07. The van der Waals surface area contributed by atoms with E-state index in [0.29, 0.717) is 18.7 Å². The molecular weight excluding hydrogens is 449 g/mol. The van der Waals surface area contributed by atoms with Crippen molar-refractivity contribution in [3.63, 3.8) is 0 Å².